The van der Waals surface area contributed by atoms with E-state index < -0.39 is 0 Å². The molecule has 0 heterocycles. The van der Waals surface area contributed by atoms with Crippen molar-refractivity contribution in [1.82, 2.24) is 5.32 Å². The number of methoxy groups -OCH3 is 2. The zero-order valence-electron chi connectivity index (χ0n) is 15.6. The van der Waals surface area contributed by atoms with Crippen LogP contribution in [-0.2, 0) is 30.5 Å². The maximum absolute atomic E-state index is 12.2. The molecule has 1 aliphatic carbocycles. The Hall–Kier alpha value is -2.49. The lowest BCUT2D eigenvalue weighted by atomic mass is 9.90. The Balaban J connectivity index is 1.50. The highest BCUT2D eigenvalue weighted by Crippen LogP contribution is 2.27. The molecule has 26 heavy (non-hydrogen) atoms. The van der Waals surface area contributed by atoms with Gasteiger partial charge in [0.2, 0.25) is 5.91 Å². The third-order valence-corrected chi connectivity index (χ3v) is 4.96. The Labute approximate surface area is 155 Å². The smallest absolute Gasteiger partial charge is 0.224 e. The summed E-state index contributed by atoms with van der Waals surface area (Å²) in [6, 6.07) is 12.3. The van der Waals surface area contributed by atoms with Crippen molar-refractivity contribution >= 4 is 5.91 Å². The molecule has 4 nitrogen and oxygen atoms in total. The van der Waals surface area contributed by atoms with E-state index >= 15 is 0 Å². The van der Waals surface area contributed by atoms with E-state index in [1.54, 1.807) is 14.2 Å². The van der Waals surface area contributed by atoms with Crippen molar-refractivity contribution in [2.45, 2.75) is 38.5 Å². The van der Waals surface area contributed by atoms with Crippen molar-refractivity contribution in [2.75, 3.05) is 20.8 Å². The fourth-order valence-electron chi connectivity index (χ4n) is 3.53. The number of carbonyl (C=O) groups excluding carboxylic acids is 1. The van der Waals surface area contributed by atoms with Crippen LogP contribution in [0.5, 0.6) is 11.5 Å². The Morgan fingerprint density at radius 1 is 0.923 bits per heavy atom. The predicted molar refractivity (Wildman–Crippen MR) is 103 cm³/mol. The van der Waals surface area contributed by atoms with Crippen LogP contribution in [0.15, 0.2) is 36.4 Å². The van der Waals surface area contributed by atoms with Gasteiger partial charge in [0.25, 0.3) is 0 Å². The predicted octanol–water partition coefficient (Wildman–Crippen LogP) is 3.48. The molecule has 1 N–H and O–H groups in total. The molecule has 0 saturated heterocycles. The standard InChI is InChI=1S/C22H27NO3/c1-25-20-10-8-16(14-21(20)26-2)11-12-23-22(24)15-17-7-9-18-5-3-4-6-19(18)13-17/h7-10,13-14H,3-6,11-12,15H2,1-2H3,(H,23,24). The van der Waals surface area contributed by atoms with Gasteiger partial charge in [0.1, 0.15) is 0 Å². The first kappa shape index (κ1) is 18.3. The van der Waals surface area contributed by atoms with Crippen molar-refractivity contribution in [3.8, 4) is 11.5 Å². The second kappa shape index (κ2) is 8.75. The summed E-state index contributed by atoms with van der Waals surface area (Å²) in [5, 5.41) is 3.01. The van der Waals surface area contributed by atoms with Crippen LogP contribution in [0.1, 0.15) is 35.1 Å². The van der Waals surface area contributed by atoms with Gasteiger partial charge in [0.15, 0.2) is 11.5 Å². The summed E-state index contributed by atoms with van der Waals surface area (Å²) in [7, 11) is 3.25. The third kappa shape index (κ3) is 4.57. The lowest BCUT2D eigenvalue weighted by Crippen LogP contribution is -2.27. The Morgan fingerprint density at radius 2 is 1.65 bits per heavy atom. The van der Waals surface area contributed by atoms with Gasteiger partial charge in [-0.1, -0.05) is 24.3 Å². The number of carbonyl (C=O) groups is 1. The van der Waals surface area contributed by atoms with E-state index in [-0.39, 0.29) is 5.91 Å². The van der Waals surface area contributed by atoms with E-state index in [0.29, 0.717) is 24.5 Å². The van der Waals surface area contributed by atoms with Crippen LogP contribution in [-0.4, -0.2) is 26.7 Å². The van der Waals surface area contributed by atoms with Gasteiger partial charge in [-0.05, 0) is 66.5 Å². The van der Waals surface area contributed by atoms with E-state index in [9.17, 15) is 4.79 Å². The van der Waals surface area contributed by atoms with Crippen molar-refractivity contribution in [1.29, 1.82) is 0 Å². The van der Waals surface area contributed by atoms with Crippen LogP contribution < -0.4 is 14.8 Å². The van der Waals surface area contributed by atoms with Crippen LogP contribution in [0, 0.1) is 0 Å². The average Bonchev–Trinajstić information content (AvgIpc) is 2.67. The molecule has 0 atom stereocenters. The highest BCUT2D eigenvalue weighted by Gasteiger charge is 2.11. The monoisotopic (exact) mass is 353 g/mol. The number of hydrogen-bond donors (Lipinski definition) is 1. The highest BCUT2D eigenvalue weighted by molar-refractivity contribution is 5.78. The van der Waals surface area contributed by atoms with Crippen LogP contribution in [0.3, 0.4) is 0 Å². The minimum atomic E-state index is 0.0706. The first-order chi connectivity index (χ1) is 12.7. The van der Waals surface area contributed by atoms with Gasteiger partial charge >= 0.3 is 0 Å². The molecule has 2 aromatic carbocycles. The van der Waals surface area contributed by atoms with Crippen molar-refractivity contribution in [2.24, 2.45) is 0 Å². The van der Waals surface area contributed by atoms with Gasteiger partial charge < -0.3 is 14.8 Å². The minimum Gasteiger partial charge on any atom is -0.493 e. The topological polar surface area (TPSA) is 47.6 Å². The quantitative estimate of drug-likeness (QED) is 0.829. The molecule has 4 heteroatoms. The van der Waals surface area contributed by atoms with E-state index in [0.717, 1.165) is 24.0 Å². The first-order valence-corrected chi connectivity index (χ1v) is 9.28. The number of fused-ring (bicyclic) bond motifs is 1. The summed E-state index contributed by atoms with van der Waals surface area (Å²) >= 11 is 0. The molecular weight excluding hydrogens is 326 g/mol. The Bertz CT molecular complexity index is 770. The molecule has 0 fully saturated rings. The number of rotatable bonds is 7. The molecule has 0 radical (unpaired) electrons. The molecule has 0 unspecified atom stereocenters. The van der Waals surface area contributed by atoms with E-state index in [1.165, 1.54) is 30.4 Å². The number of aryl methyl sites for hydroxylation is 2. The SMILES string of the molecule is COc1ccc(CCNC(=O)Cc2ccc3c(c2)CCCC3)cc1OC. The summed E-state index contributed by atoms with van der Waals surface area (Å²) in [5.41, 5.74) is 5.09. The summed E-state index contributed by atoms with van der Waals surface area (Å²) in [6.07, 6.45) is 6.06. The molecule has 1 aliphatic rings. The number of benzene rings is 2. The van der Waals surface area contributed by atoms with E-state index in [4.69, 9.17) is 9.47 Å². The second-order valence-corrected chi connectivity index (χ2v) is 6.78. The zero-order valence-corrected chi connectivity index (χ0v) is 15.6. The molecule has 0 aromatic heterocycles. The number of hydrogen-bond acceptors (Lipinski definition) is 3. The molecule has 1 amide bonds. The fraction of sp³-hybridized carbons (Fsp3) is 0.409. The van der Waals surface area contributed by atoms with Crippen LogP contribution in [0.2, 0.25) is 0 Å². The molecule has 3 rings (SSSR count). The largest absolute Gasteiger partial charge is 0.493 e. The summed E-state index contributed by atoms with van der Waals surface area (Å²) in [4.78, 5) is 12.2. The fourth-order valence-corrected chi connectivity index (χ4v) is 3.53. The average molecular weight is 353 g/mol. The van der Waals surface area contributed by atoms with Gasteiger partial charge in [-0.3, -0.25) is 4.79 Å². The third-order valence-electron chi connectivity index (χ3n) is 4.96. The zero-order chi connectivity index (χ0) is 18.4. The molecule has 0 aliphatic heterocycles. The second-order valence-electron chi connectivity index (χ2n) is 6.78. The molecular formula is C22H27NO3. The minimum absolute atomic E-state index is 0.0706. The molecule has 0 saturated carbocycles. The Morgan fingerprint density at radius 3 is 2.42 bits per heavy atom. The summed E-state index contributed by atoms with van der Waals surface area (Å²) in [6.45, 7) is 0.610. The van der Waals surface area contributed by atoms with Crippen LogP contribution in [0.25, 0.3) is 0 Å². The lowest BCUT2D eigenvalue weighted by Gasteiger charge is -2.16. The first-order valence-electron chi connectivity index (χ1n) is 9.28. The number of nitrogens with one attached hydrogen (secondary N) is 1. The van der Waals surface area contributed by atoms with Gasteiger partial charge in [-0.25, -0.2) is 0 Å². The molecule has 2 aromatic rings. The van der Waals surface area contributed by atoms with Crippen LogP contribution in [0.4, 0.5) is 0 Å². The molecule has 0 spiro atoms. The molecule has 0 bridgehead atoms. The number of amides is 1. The lowest BCUT2D eigenvalue weighted by molar-refractivity contribution is -0.120. The normalized spacial score (nSPS) is 13.0. The summed E-state index contributed by atoms with van der Waals surface area (Å²) < 4.78 is 10.6. The van der Waals surface area contributed by atoms with Crippen molar-refractivity contribution in [3.63, 3.8) is 0 Å². The maximum atomic E-state index is 12.2. The van der Waals surface area contributed by atoms with Crippen molar-refractivity contribution < 1.29 is 14.3 Å². The molecule has 138 valence electrons. The van der Waals surface area contributed by atoms with E-state index in [2.05, 4.69) is 23.5 Å². The van der Waals surface area contributed by atoms with Gasteiger partial charge in [0, 0.05) is 6.54 Å². The van der Waals surface area contributed by atoms with Gasteiger partial charge in [-0.2, -0.15) is 0 Å². The van der Waals surface area contributed by atoms with E-state index in [1.807, 2.05) is 18.2 Å². The summed E-state index contributed by atoms with van der Waals surface area (Å²) in [5.74, 6) is 1.50. The van der Waals surface area contributed by atoms with Gasteiger partial charge in [0.05, 0.1) is 20.6 Å². The number of ether oxygens (including phenoxy) is 2. The Kier molecular flexibility index (Phi) is 6.16. The van der Waals surface area contributed by atoms with Crippen molar-refractivity contribution in [3.05, 3.63) is 58.7 Å². The van der Waals surface area contributed by atoms with Crippen LogP contribution >= 0.6 is 0 Å². The highest BCUT2D eigenvalue weighted by atomic mass is 16.5. The maximum Gasteiger partial charge on any atom is 0.224 e. The van der Waals surface area contributed by atoms with Gasteiger partial charge in [-0.15, -0.1) is 0 Å².